The molecule has 0 aliphatic rings. The van der Waals surface area contributed by atoms with E-state index in [4.69, 9.17) is 4.74 Å². The molecular weight excluding hydrogens is 318 g/mol. The second kappa shape index (κ2) is 9.20. The van der Waals surface area contributed by atoms with Crippen molar-refractivity contribution in [3.8, 4) is 5.75 Å². The van der Waals surface area contributed by atoms with Gasteiger partial charge in [0, 0.05) is 12.6 Å². The van der Waals surface area contributed by atoms with Gasteiger partial charge in [-0.05, 0) is 55.2 Å². The molecule has 2 aromatic carbocycles. The number of carbonyl (C=O) groups excluding carboxylic acids is 1. The van der Waals surface area contributed by atoms with Crippen molar-refractivity contribution in [2.24, 2.45) is 0 Å². The number of aliphatic hydroxyl groups excluding tert-OH is 1. The summed E-state index contributed by atoms with van der Waals surface area (Å²) < 4.78 is 4.74. The van der Waals surface area contributed by atoms with E-state index in [9.17, 15) is 15.0 Å². The standard InChI is InChI=1S/C20H25NO4/c1-14(21-13-19(23)16-6-4-8-18(22)12-16)9-10-15-5-3-7-17(11-15)20(24)25-2/h3-8,11-12,14,19,21-23H,9-10,13H2,1-2H3. The maximum Gasteiger partial charge on any atom is 0.337 e. The number of benzene rings is 2. The van der Waals surface area contributed by atoms with Gasteiger partial charge in [-0.1, -0.05) is 24.3 Å². The van der Waals surface area contributed by atoms with Gasteiger partial charge < -0.3 is 20.3 Å². The van der Waals surface area contributed by atoms with Crippen LogP contribution in [0.3, 0.4) is 0 Å². The quantitative estimate of drug-likeness (QED) is 0.643. The van der Waals surface area contributed by atoms with Crippen molar-refractivity contribution in [3.05, 3.63) is 65.2 Å². The van der Waals surface area contributed by atoms with Gasteiger partial charge in [0.2, 0.25) is 0 Å². The molecule has 0 aromatic heterocycles. The SMILES string of the molecule is COC(=O)c1cccc(CCC(C)NCC(O)c2cccc(O)c2)c1. The van der Waals surface area contributed by atoms with Crippen molar-refractivity contribution >= 4 is 5.97 Å². The van der Waals surface area contributed by atoms with Crippen molar-refractivity contribution in [2.45, 2.75) is 31.9 Å². The van der Waals surface area contributed by atoms with E-state index >= 15 is 0 Å². The Bertz CT molecular complexity index is 702. The Morgan fingerprint density at radius 3 is 2.68 bits per heavy atom. The lowest BCUT2D eigenvalue weighted by Gasteiger charge is -2.17. The predicted molar refractivity (Wildman–Crippen MR) is 96.6 cm³/mol. The number of hydrogen-bond donors (Lipinski definition) is 3. The van der Waals surface area contributed by atoms with Gasteiger partial charge >= 0.3 is 5.97 Å². The van der Waals surface area contributed by atoms with Crippen LogP contribution in [0.4, 0.5) is 0 Å². The summed E-state index contributed by atoms with van der Waals surface area (Å²) in [5.74, 6) is -0.183. The van der Waals surface area contributed by atoms with Gasteiger partial charge in [-0.3, -0.25) is 0 Å². The predicted octanol–water partition coefficient (Wildman–Crippen LogP) is 2.82. The second-order valence-corrected chi connectivity index (χ2v) is 6.15. The molecule has 0 radical (unpaired) electrons. The molecule has 2 rings (SSSR count). The van der Waals surface area contributed by atoms with Gasteiger partial charge in [-0.15, -0.1) is 0 Å². The number of esters is 1. The maximum absolute atomic E-state index is 11.6. The third-order valence-electron chi connectivity index (χ3n) is 4.13. The molecule has 25 heavy (non-hydrogen) atoms. The Kier molecular flexibility index (Phi) is 6.98. The van der Waals surface area contributed by atoms with E-state index in [0.717, 1.165) is 18.4 Å². The molecule has 5 heteroatoms. The largest absolute Gasteiger partial charge is 0.508 e. The molecule has 0 amide bonds. The summed E-state index contributed by atoms with van der Waals surface area (Å²) in [4.78, 5) is 11.6. The first kappa shape index (κ1) is 19.0. The molecular formula is C20H25NO4. The van der Waals surface area contributed by atoms with Gasteiger partial charge in [0.15, 0.2) is 0 Å². The molecule has 5 nitrogen and oxygen atoms in total. The highest BCUT2D eigenvalue weighted by atomic mass is 16.5. The Morgan fingerprint density at radius 2 is 1.96 bits per heavy atom. The number of ether oxygens (including phenoxy) is 1. The van der Waals surface area contributed by atoms with E-state index < -0.39 is 6.10 Å². The van der Waals surface area contributed by atoms with Crippen LogP contribution in [-0.2, 0) is 11.2 Å². The fourth-order valence-corrected chi connectivity index (χ4v) is 2.62. The number of methoxy groups -OCH3 is 1. The molecule has 0 spiro atoms. The van der Waals surface area contributed by atoms with Gasteiger partial charge in [0.25, 0.3) is 0 Å². The molecule has 2 atom stereocenters. The molecule has 134 valence electrons. The van der Waals surface area contributed by atoms with Gasteiger partial charge in [-0.25, -0.2) is 4.79 Å². The molecule has 0 bridgehead atoms. The van der Waals surface area contributed by atoms with Crippen molar-refractivity contribution in [1.29, 1.82) is 0 Å². The number of carbonyl (C=O) groups is 1. The number of phenols is 1. The minimum atomic E-state index is -0.669. The lowest BCUT2D eigenvalue weighted by molar-refractivity contribution is 0.0600. The summed E-state index contributed by atoms with van der Waals surface area (Å²) in [5, 5.41) is 22.9. The monoisotopic (exact) mass is 343 g/mol. The van der Waals surface area contributed by atoms with E-state index in [1.165, 1.54) is 7.11 Å². The summed E-state index contributed by atoms with van der Waals surface area (Å²) in [6.07, 6.45) is 1.02. The van der Waals surface area contributed by atoms with Crippen LogP contribution in [0.15, 0.2) is 48.5 Å². The van der Waals surface area contributed by atoms with Crippen LogP contribution >= 0.6 is 0 Å². The van der Waals surface area contributed by atoms with Crippen molar-refractivity contribution in [2.75, 3.05) is 13.7 Å². The number of aliphatic hydroxyl groups is 1. The first-order chi connectivity index (χ1) is 12.0. The minimum Gasteiger partial charge on any atom is -0.508 e. The van der Waals surface area contributed by atoms with Crippen LogP contribution in [0.2, 0.25) is 0 Å². The number of hydrogen-bond acceptors (Lipinski definition) is 5. The maximum atomic E-state index is 11.6. The summed E-state index contributed by atoms with van der Waals surface area (Å²) in [6, 6.07) is 14.3. The molecule has 0 aliphatic carbocycles. The molecule has 0 saturated heterocycles. The fraction of sp³-hybridized carbons (Fsp3) is 0.350. The normalized spacial score (nSPS) is 13.2. The zero-order valence-electron chi connectivity index (χ0n) is 14.6. The van der Waals surface area contributed by atoms with Gasteiger partial charge in [-0.2, -0.15) is 0 Å². The third-order valence-corrected chi connectivity index (χ3v) is 4.13. The molecule has 0 heterocycles. The first-order valence-electron chi connectivity index (χ1n) is 8.37. The zero-order valence-corrected chi connectivity index (χ0v) is 14.6. The van der Waals surface area contributed by atoms with Crippen LogP contribution < -0.4 is 5.32 Å². The lowest BCUT2D eigenvalue weighted by atomic mass is 10.0. The fourth-order valence-electron chi connectivity index (χ4n) is 2.62. The second-order valence-electron chi connectivity index (χ2n) is 6.15. The van der Waals surface area contributed by atoms with Crippen LogP contribution in [0.1, 0.15) is 40.9 Å². The topological polar surface area (TPSA) is 78.8 Å². The number of aromatic hydroxyl groups is 1. The zero-order chi connectivity index (χ0) is 18.2. The average molecular weight is 343 g/mol. The smallest absolute Gasteiger partial charge is 0.337 e. The molecule has 2 aromatic rings. The van der Waals surface area contributed by atoms with Crippen LogP contribution in [-0.4, -0.2) is 35.9 Å². The highest BCUT2D eigenvalue weighted by Crippen LogP contribution is 2.18. The van der Waals surface area contributed by atoms with Gasteiger partial charge in [0.1, 0.15) is 5.75 Å². The van der Waals surface area contributed by atoms with E-state index in [1.807, 2.05) is 18.2 Å². The Morgan fingerprint density at radius 1 is 1.20 bits per heavy atom. The Hall–Kier alpha value is -2.37. The van der Waals surface area contributed by atoms with Crippen LogP contribution in [0, 0.1) is 0 Å². The molecule has 3 N–H and O–H groups in total. The molecule has 2 unspecified atom stereocenters. The number of nitrogens with one attached hydrogen (secondary N) is 1. The number of rotatable bonds is 8. The Labute approximate surface area is 148 Å². The van der Waals surface area contributed by atoms with Gasteiger partial charge in [0.05, 0.1) is 18.8 Å². The lowest BCUT2D eigenvalue weighted by Crippen LogP contribution is -2.30. The molecule has 0 fully saturated rings. The number of aryl methyl sites for hydroxylation is 1. The average Bonchev–Trinajstić information content (AvgIpc) is 2.64. The van der Waals surface area contributed by atoms with Crippen LogP contribution in [0.5, 0.6) is 5.75 Å². The first-order valence-corrected chi connectivity index (χ1v) is 8.37. The summed E-state index contributed by atoms with van der Waals surface area (Å²) in [7, 11) is 1.37. The van der Waals surface area contributed by atoms with E-state index in [1.54, 1.807) is 30.3 Å². The van der Waals surface area contributed by atoms with Crippen molar-refractivity contribution in [3.63, 3.8) is 0 Å². The van der Waals surface area contributed by atoms with Crippen molar-refractivity contribution in [1.82, 2.24) is 5.32 Å². The van der Waals surface area contributed by atoms with E-state index in [0.29, 0.717) is 17.7 Å². The highest BCUT2D eigenvalue weighted by Gasteiger charge is 2.11. The highest BCUT2D eigenvalue weighted by molar-refractivity contribution is 5.89. The number of phenolic OH excluding ortho intramolecular Hbond substituents is 1. The summed E-state index contributed by atoms with van der Waals surface area (Å²) in [6.45, 7) is 2.46. The summed E-state index contributed by atoms with van der Waals surface area (Å²) in [5.41, 5.74) is 2.32. The Balaban J connectivity index is 1.81. The molecule has 0 saturated carbocycles. The van der Waals surface area contributed by atoms with Crippen molar-refractivity contribution < 1.29 is 19.7 Å². The van der Waals surface area contributed by atoms with Crippen LogP contribution in [0.25, 0.3) is 0 Å². The molecule has 0 aliphatic heterocycles. The van der Waals surface area contributed by atoms with E-state index in [-0.39, 0.29) is 17.8 Å². The van der Waals surface area contributed by atoms with E-state index in [2.05, 4.69) is 12.2 Å². The minimum absolute atomic E-state index is 0.148. The summed E-state index contributed by atoms with van der Waals surface area (Å²) >= 11 is 0. The third kappa shape index (κ3) is 5.89.